The van der Waals surface area contributed by atoms with Crippen LogP contribution in [0.5, 0.6) is 11.5 Å². The van der Waals surface area contributed by atoms with Crippen LogP contribution in [0.4, 0.5) is 34.1 Å². The smallest absolute Gasteiger partial charge is 0.159 e. The molecule has 67 heavy (non-hydrogen) atoms. The maximum Gasteiger partial charge on any atom is 0.159 e. The molecule has 316 valence electrons. The molecule has 1 aliphatic rings. The third-order valence-corrected chi connectivity index (χ3v) is 12.9. The predicted molar refractivity (Wildman–Crippen MR) is 281 cm³/mol. The summed E-state index contributed by atoms with van der Waals surface area (Å²) < 4.78 is 7.28. The lowest BCUT2D eigenvalue weighted by Gasteiger charge is -2.32. The first-order valence-electron chi connectivity index (χ1n) is 22.8. The summed E-state index contributed by atoms with van der Waals surface area (Å²) in [5.74, 6) is 1.63. The normalized spacial score (nSPS) is 11.4. The van der Waals surface area contributed by atoms with Gasteiger partial charge in [0.2, 0.25) is 0 Å². The van der Waals surface area contributed by atoms with Gasteiger partial charge in [0.15, 0.2) is 5.75 Å². The quantitative estimate of drug-likeness (QED) is 0.136. The van der Waals surface area contributed by atoms with E-state index in [1.54, 1.807) is 0 Å². The molecule has 0 unspecified atom stereocenters. The number of hydrogen-bond donors (Lipinski definition) is 0. The monoisotopic (exact) mass is 856 g/mol. The summed E-state index contributed by atoms with van der Waals surface area (Å²) in [5.41, 5.74) is 17.9. The van der Waals surface area contributed by atoms with E-state index in [0.29, 0.717) is 0 Å². The van der Waals surface area contributed by atoms with Gasteiger partial charge >= 0.3 is 0 Å². The first-order chi connectivity index (χ1) is 33.2. The molecule has 0 saturated heterocycles. The van der Waals surface area contributed by atoms with Gasteiger partial charge in [-0.05, 0) is 122 Å². The van der Waals surface area contributed by atoms with Crippen molar-refractivity contribution in [2.75, 3.05) is 9.80 Å². The van der Waals surface area contributed by atoms with Crippen molar-refractivity contribution in [2.45, 2.75) is 0 Å². The summed E-state index contributed by atoms with van der Waals surface area (Å²) in [5, 5.41) is 2.23. The molecule has 0 N–H and O–H groups in total. The van der Waals surface area contributed by atoms with Gasteiger partial charge in [0.25, 0.3) is 0 Å². The van der Waals surface area contributed by atoms with Crippen molar-refractivity contribution < 1.29 is 4.74 Å². The molecule has 0 amide bonds. The zero-order chi connectivity index (χ0) is 44.5. The summed E-state index contributed by atoms with van der Waals surface area (Å²) in [6, 6.07) is 95.2. The summed E-state index contributed by atoms with van der Waals surface area (Å²) in [7, 11) is 0. The highest BCUT2D eigenvalue weighted by atomic mass is 16.5. The number of anilines is 6. The van der Waals surface area contributed by atoms with Gasteiger partial charge in [-0.1, -0.05) is 194 Å². The van der Waals surface area contributed by atoms with E-state index in [1.165, 1.54) is 33.4 Å². The third kappa shape index (κ3) is 7.59. The molecule has 1 heterocycles. The van der Waals surface area contributed by atoms with Crippen molar-refractivity contribution in [3.8, 4) is 67.1 Å². The van der Waals surface area contributed by atoms with E-state index < -0.39 is 0 Å². The van der Waals surface area contributed by atoms with E-state index in [9.17, 15) is 0 Å². The Labute approximate surface area is 391 Å². The Kier molecular flexibility index (Phi) is 10.2. The van der Waals surface area contributed by atoms with Gasteiger partial charge in [0, 0.05) is 45.5 Å². The van der Waals surface area contributed by atoms with Crippen LogP contribution in [0.1, 0.15) is 0 Å². The van der Waals surface area contributed by atoms with Crippen molar-refractivity contribution in [3.63, 3.8) is 0 Å². The second kappa shape index (κ2) is 17.2. The molecule has 0 radical (unpaired) electrons. The topological polar surface area (TPSA) is 15.7 Å². The third-order valence-electron chi connectivity index (χ3n) is 12.9. The zero-order valence-corrected chi connectivity index (χ0v) is 36.7. The number of nitrogens with zero attached hydrogens (tertiary/aromatic N) is 2. The molecule has 11 aromatic carbocycles. The molecule has 0 aromatic heterocycles. The van der Waals surface area contributed by atoms with E-state index in [-0.39, 0.29) is 0 Å². The molecular weight excluding hydrogens is 813 g/mol. The first kappa shape index (κ1) is 39.7. The highest BCUT2D eigenvalue weighted by Crippen LogP contribution is 2.54. The summed E-state index contributed by atoms with van der Waals surface area (Å²) >= 11 is 0. The number of benzene rings is 11. The minimum absolute atomic E-state index is 0.811. The average Bonchev–Trinajstić information content (AvgIpc) is 3.41. The van der Waals surface area contributed by atoms with Crippen LogP contribution in [0.25, 0.3) is 66.4 Å². The highest BCUT2D eigenvalue weighted by molar-refractivity contribution is 6.08. The molecule has 0 aliphatic carbocycles. The van der Waals surface area contributed by atoms with Gasteiger partial charge in [-0.25, -0.2) is 0 Å². The second-order valence-electron chi connectivity index (χ2n) is 16.9. The Balaban J connectivity index is 0.961. The van der Waals surface area contributed by atoms with Gasteiger partial charge in [-0.15, -0.1) is 0 Å². The standard InChI is InChI=1S/C64H44N2O/c1-5-14-45(15-6-1)47-24-28-49(29-25-47)51-32-37-56(38-33-51)66(57-39-34-52(35-40-57)50-30-26-48(27-31-50)46-16-7-2-8-17-46)61-43-36-53-18-13-23-60-59-42-41-58(44-62(59)67-64(61)63(53)60)65(54-19-9-3-10-20-54)55-21-11-4-12-22-55/h1-44H. The highest BCUT2D eigenvalue weighted by Gasteiger charge is 2.28. The molecule has 1 aliphatic heterocycles. The van der Waals surface area contributed by atoms with Crippen LogP contribution in [0.2, 0.25) is 0 Å². The van der Waals surface area contributed by atoms with E-state index in [1.807, 2.05) is 0 Å². The predicted octanol–water partition coefficient (Wildman–Crippen LogP) is 18.2. The van der Waals surface area contributed by atoms with Gasteiger partial charge in [-0.2, -0.15) is 0 Å². The lowest BCUT2D eigenvalue weighted by Crippen LogP contribution is -2.13. The Morgan fingerprint density at radius 1 is 0.254 bits per heavy atom. The Bertz CT molecular complexity index is 3320. The van der Waals surface area contributed by atoms with Crippen molar-refractivity contribution in [2.24, 2.45) is 0 Å². The molecule has 0 atom stereocenters. The van der Waals surface area contributed by atoms with E-state index in [4.69, 9.17) is 4.74 Å². The Morgan fingerprint density at radius 2 is 0.642 bits per heavy atom. The Hall–Kier alpha value is -8.92. The van der Waals surface area contributed by atoms with Crippen LogP contribution < -0.4 is 14.5 Å². The molecular formula is C64H44N2O. The van der Waals surface area contributed by atoms with Gasteiger partial charge < -0.3 is 14.5 Å². The average molecular weight is 857 g/mol. The maximum absolute atomic E-state index is 7.28. The summed E-state index contributed by atoms with van der Waals surface area (Å²) in [4.78, 5) is 4.62. The van der Waals surface area contributed by atoms with Crippen LogP contribution in [-0.4, -0.2) is 0 Å². The van der Waals surface area contributed by atoms with Gasteiger partial charge in [-0.3, -0.25) is 0 Å². The van der Waals surface area contributed by atoms with Crippen LogP contribution in [0.15, 0.2) is 267 Å². The minimum Gasteiger partial charge on any atom is -0.454 e. The lowest BCUT2D eigenvalue weighted by molar-refractivity contribution is 0.488. The second-order valence-corrected chi connectivity index (χ2v) is 16.9. The Morgan fingerprint density at radius 3 is 1.10 bits per heavy atom. The SMILES string of the molecule is c1ccc(-c2ccc(-c3ccc(N(c4ccc(-c5ccc(-c6ccccc6)cc5)cc4)c4ccc5cccc6c5c4Oc4cc(N(c5ccccc5)c5ccccc5)ccc4-6)cc3)cc2)cc1. The lowest BCUT2D eigenvalue weighted by atomic mass is 9.93. The fourth-order valence-electron chi connectivity index (χ4n) is 9.51. The van der Waals surface area contributed by atoms with Crippen LogP contribution in [0.3, 0.4) is 0 Å². The maximum atomic E-state index is 7.28. The molecule has 12 rings (SSSR count). The molecule has 0 spiro atoms. The fraction of sp³-hybridized carbons (Fsp3) is 0. The van der Waals surface area contributed by atoms with Crippen LogP contribution >= 0.6 is 0 Å². The van der Waals surface area contributed by atoms with Crippen LogP contribution in [-0.2, 0) is 0 Å². The summed E-state index contributed by atoms with van der Waals surface area (Å²) in [6.45, 7) is 0. The van der Waals surface area contributed by atoms with Gasteiger partial charge in [0.05, 0.1) is 5.69 Å². The largest absolute Gasteiger partial charge is 0.454 e. The van der Waals surface area contributed by atoms with E-state index in [0.717, 1.165) is 78.6 Å². The fourth-order valence-corrected chi connectivity index (χ4v) is 9.51. The molecule has 0 fully saturated rings. The molecule has 0 bridgehead atoms. The zero-order valence-electron chi connectivity index (χ0n) is 36.7. The first-order valence-corrected chi connectivity index (χ1v) is 22.8. The molecule has 3 nitrogen and oxygen atoms in total. The number of para-hydroxylation sites is 2. The van der Waals surface area contributed by atoms with Crippen molar-refractivity contribution in [1.82, 2.24) is 0 Å². The number of hydrogen-bond acceptors (Lipinski definition) is 3. The van der Waals surface area contributed by atoms with E-state index in [2.05, 4.69) is 277 Å². The molecule has 11 aromatic rings. The molecule has 3 heteroatoms. The number of fused-ring (bicyclic) bond motifs is 2. The van der Waals surface area contributed by atoms with Crippen molar-refractivity contribution >= 4 is 44.9 Å². The molecule has 0 saturated carbocycles. The van der Waals surface area contributed by atoms with Gasteiger partial charge in [0.1, 0.15) is 5.75 Å². The number of ether oxygens (including phenoxy) is 1. The van der Waals surface area contributed by atoms with Crippen molar-refractivity contribution in [1.29, 1.82) is 0 Å². The van der Waals surface area contributed by atoms with Crippen LogP contribution in [0, 0.1) is 0 Å². The minimum atomic E-state index is 0.811. The van der Waals surface area contributed by atoms with Crippen molar-refractivity contribution in [3.05, 3.63) is 267 Å². The van der Waals surface area contributed by atoms with E-state index >= 15 is 0 Å². The number of rotatable bonds is 10. The summed E-state index contributed by atoms with van der Waals surface area (Å²) in [6.07, 6.45) is 0.